The number of fused-ring (bicyclic) bond motifs is 2. The summed E-state index contributed by atoms with van der Waals surface area (Å²) in [6, 6.07) is 13.6. The normalized spacial score (nSPS) is 17.9. The average Bonchev–Trinajstić information content (AvgIpc) is 3.18. The second kappa shape index (κ2) is 8.09. The Hall–Kier alpha value is -3.56. The molecule has 1 unspecified atom stereocenters. The predicted octanol–water partition coefficient (Wildman–Crippen LogP) is 3.38. The van der Waals surface area contributed by atoms with Crippen LogP contribution in [0.5, 0.6) is 11.6 Å². The summed E-state index contributed by atoms with van der Waals surface area (Å²) in [6.45, 7) is 0.0579. The highest BCUT2D eigenvalue weighted by molar-refractivity contribution is 7.89. The van der Waals surface area contributed by atoms with Crippen LogP contribution in [0.15, 0.2) is 65.7 Å². The van der Waals surface area contributed by atoms with Gasteiger partial charge in [-0.3, -0.25) is 9.59 Å². The van der Waals surface area contributed by atoms with Gasteiger partial charge in [0.1, 0.15) is 16.7 Å². The van der Waals surface area contributed by atoms with Crippen LogP contribution in [0.1, 0.15) is 39.5 Å². The van der Waals surface area contributed by atoms with E-state index in [9.17, 15) is 23.1 Å². The van der Waals surface area contributed by atoms with Gasteiger partial charge in [0.05, 0.1) is 6.20 Å². The minimum absolute atomic E-state index is 0.0579. The van der Waals surface area contributed by atoms with Crippen LogP contribution in [-0.4, -0.2) is 41.1 Å². The summed E-state index contributed by atoms with van der Waals surface area (Å²) in [6.07, 6.45) is 2.75. The lowest BCUT2D eigenvalue weighted by Gasteiger charge is -2.33. The topological polar surface area (TPSA) is 114 Å². The molecule has 0 amide bonds. The summed E-state index contributed by atoms with van der Waals surface area (Å²) in [7, 11) is -4.11. The molecule has 0 bridgehead atoms. The highest BCUT2D eigenvalue weighted by atomic mass is 32.2. The van der Waals surface area contributed by atoms with Crippen LogP contribution >= 0.6 is 0 Å². The Morgan fingerprint density at radius 2 is 1.85 bits per heavy atom. The lowest BCUT2D eigenvalue weighted by molar-refractivity contribution is -0.142. The third kappa shape index (κ3) is 3.79. The van der Waals surface area contributed by atoms with E-state index in [0.717, 1.165) is 15.4 Å². The van der Waals surface area contributed by atoms with Crippen molar-refractivity contribution in [1.29, 1.82) is 0 Å². The fourth-order valence-electron chi connectivity index (χ4n) is 4.39. The maximum Gasteiger partial charge on any atom is 0.326 e. The third-order valence-corrected chi connectivity index (χ3v) is 7.86. The molecule has 2 heterocycles. The van der Waals surface area contributed by atoms with Crippen molar-refractivity contribution in [2.45, 2.75) is 30.2 Å². The van der Waals surface area contributed by atoms with E-state index in [0.29, 0.717) is 36.1 Å². The van der Waals surface area contributed by atoms with E-state index in [4.69, 9.17) is 4.74 Å². The Balaban J connectivity index is 1.39. The lowest BCUT2D eigenvalue weighted by atomic mass is 9.94. The number of aryl methyl sites for hydroxylation is 1. The smallest absolute Gasteiger partial charge is 0.326 e. The summed E-state index contributed by atoms with van der Waals surface area (Å²) in [5.74, 6) is -0.417. The Labute approximate surface area is 190 Å². The third-order valence-electron chi connectivity index (χ3n) is 6.01. The van der Waals surface area contributed by atoms with Crippen molar-refractivity contribution in [1.82, 2.24) is 9.29 Å². The van der Waals surface area contributed by atoms with Gasteiger partial charge in [0.15, 0.2) is 5.78 Å². The Kier molecular flexibility index (Phi) is 5.22. The summed E-state index contributed by atoms with van der Waals surface area (Å²) in [4.78, 5) is 27.8. The first-order valence-corrected chi connectivity index (χ1v) is 11.9. The fraction of sp³-hybridized carbons (Fsp3) is 0.208. The SMILES string of the molecule is O=C1CCc2cc(Oc3ccc(S(=O)(=O)N4CCc5ccccc5C4C(=O)O)cn3)ccc21. The number of carbonyl (C=O) groups is 2. The number of hydrogen-bond acceptors (Lipinski definition) is 6. The van der Waals surface area contributed by atoms with E-state index < -0.39 is 22.0 Å². The van der Waals surface area contributed by atoms with Crippen molar-refractivity contribution >= 4 is 21.8 Å². The first kappa shape index (κ1) is 21.3. The second-order valence-electron chi connectivity index (χ2n) is 7.98. The maximum absolute atomic E-state index is 13.3. The van der Waals surface area contributed by atoms with E-state index >= 15 is 0 Å². The number of carboxylic acids is 1. The zero-order chi connectivity index (χ0) is 23.2. The van der Waals surface area contributed by atoms with E-state index in [1.54, 1.807) is 30.3 Å². The van der Waals surface area contributed by atoms with Crippen LogP contribution in [-0.2, 0) is 27.7 Å². The van der Waals surface area contributed by atoms with Gasteiger partial charge in [-0.05, 0) is 53.8 Å². The van der Waals surface area contributed by atoms with Crippen LogP contribution in [0.3, 0.4) is 0 Å². The number of aliphatic carboxylic acids is 1. The van der Waals surface area contributed by atoms with Gasteiger partial charge in [-0.2, -0.15) is 4.31 Å². The average molecular weight is 464 g/mol. The molecule has 9 heteroatoms. The molecule has 3 aromatic rings. The number of aromatic nitrogens is 1. The number of sulfonamides is 1. The number of ketones is 1. The molecule has 0 spiro atoms. The van der Waals surface area contributed by atoms with Crippen molar-refractivity contribution < 1.29 is 27.9 Å². The number of nitrogens with zero attached hydrogens (tertiary/aromatic N) is 2. The molecule has 8 nitrogen and oxygen atoms in total. The van der Waals surface area contributed by atoms with E-state index in [-0.39, 0.29) is 23.1 Å². The molecule has 1 aliphatic heterocycles. The predicted molar refractivity (Wildman–Crippen MR) is 118 cm³/mol. The molecule has 33 heavy (non-hydrogen) atoms. The van der Waals surface area contributed by atoms with Gasteiger partial charge in [-0.25, -0.2) is 13.4 Å². The lowest BCUT2D eigenvalue weighted by Crippen LogP contribution is -2.43. The molecule has 0 fully saturated rings. The zero-order valence-corrected chi connectivity index (χ0v) is 18.3. The van der Waals surface area contributed by atoms with Gasteiger partial charge in [-0.1, -0.05) is 24.3 Å². The molecule has 2 aliphatic rings. The molecule has 1 atom stereocenters. The Morgan fingerprint density at radius 3 is 2.61 bits per heavy atom. The molecule has 0 saturated heterocycles. The zero-order valence-electron chi connectivity index (χ0n) is 17.5. The minimum Gasteiger partial charge on any atom is -0.480 e. The van der Waals surface area contributed by atoms with Gasteiger partial charge in [0, 0.05) is 24.6 Å². The van der Waals surface area contributed by atoms with E-state index in [1.165, 1.54) is 18.3 Å². The molecule has 168 valence electrons. The van der Waals surface area contributed by atoms with E-state index in [2.05, 4.69) is 4.98 Å². The number of hydrogen-bond donors (Lipinski definition) is 1. The van der Waals surface area contributed by atoms with Gasteiger partial charge in [-0.15, -0.1) is 0 Å². The number of benzene rings is 2. The maximum atomic E-state index is 13.3. The molecule has 2 aromatic carbocycles. The van der Waals surface area contributed by atoms with Crippen LogP contribution < -0.4 is 4.74 Å². The molecule has 0 saturated carbocycles. The first-order valence-electron chi connectivity index (χ1n) is 10.5. The molecule has 1 N–H and O–H groups in total. The van der Waals surface area contributed by atoms with Crippen LogP contribution in [0.25, 0.3) is 0 Å². The highest BCUT2D eigenvalue weighted by Crippen LogP contribution is 2.35. The molecule has 1 aromatic heterocycles. The second-order valence-corrected chi connectivity index (χ2v) is 9.87. The van der Waals surface area contributed by atoms with Gasteiger partial charge in [0.25, 0.3) is 0 Å². The number of carbonyl (C=O) groups excluding carboxylic acids is 1. The van der Waals surface area contributed by atoms with Crippen molar-refractivity contribution in [3.05, 3.63) is 83.0 Å². The number of carboxylic acid groups (broad SMARTS) is 1. The largest absolute Gasteiger partial charge is 0.480 e. The monoisotopic (exact) mass is 464 g/mol. The van der Waals surface area contributed by atoms with Gasteiger partial charge >= 0.3 is 5.97 Å². The number of pyridine rings is 1. The molecular formula is C24H20N2O6S. The molecule has 5 rings (SSSR count). The summed E-state index contributed by atoms with van der Waals surface area (Å²) >= 11 is 0. The molecule has 1 aliphatic carbocycles. The number of Topliss-reactive ketones (excluding diaryl/α,β-unsaturated/α-hetero) is 1. The Bertz CT molecular complexity index is 1370. The number of rotatable bonds is 5. The highest BCUT2D eigenvalue weighted by Gasteiger charge is 2.40. The summed E-state index contributed by atoms with van der Waals surface area (Å²) in [5.41, 5.74) is 2.92. The van der Waals surface area contributed by atoms with Gasteiger partial charge in [0.2, 0.25) is 15.9 Å². The van der Waals surface area contributed by atoms with Crippen LogP contribution in [0.2, 0.25) is 0 Å². The van der Waals surface area contributed by atoms with E-state index in [1.807, 2.05) is 12.1 Å². The Morgan fingerprint density at radius 1 is 1.03 bits per heavy atom. The van der Waals surface area contributed by atoms with Crippen LogP contribution in [0, 0.1) is 0 Å². The van der Waals surface area contributed by atoms with Crippen molar-refractivity contribution in [3.8, 4) is 11.6 Å². The summed E-state index contributed by atoms with van der Waals surface area (Å²) < 4.78 is 33.3. The molecular weight excluding hydrogens is 444 g/mol. The minimum atomic E-state index is -4.11. The van der Waals surface area contributed by atoms with Gasteiger partial charge < -0.3 is 9.84 Å². The van der Waals surface area contributed by atoms with Crippen LogP contribution in [0.4, 0.5) is 0 Å². The first-order chi connectivity index (χ1) is 15.8. The summed E-state index contributed by atoms with van der Waals surface area (Å²) in [5, 5.41) is 9.79. The number of ether oxygens (including phenoxy) is 1. The van der Waals surface area contributed by atoms with Crippen molar-refractivity contribution in [2.75, 3.05) is 6.54 Å². The standard InChI is InChI=1S/C24H20N2O6S/c27-21-9-5-16-13-17(6-8-19(16)21)32-22-10-7-18(14-25-22)33(30,31)26-12-11-15-3-1-2-4-20(15)23(26)24(28)29/h1-4,6-8,10,13-14,23H,5,9,11-12H2,(H,28,29). The molecule has 0 radical (unpaired) electrons. The van der Waals surface area contributed by atoms with Crippen molar-refractivity contribution in [3.63, 3.8) is 0 Å². The van der Waals surface area contributed by atoms with Crippen molar-refractivity contribution in [2.24, 2.45) is 0 Å². The quantitative estimate of drug-likeness (QED) is 0.616. The fourth-order valence-corrected chi connectivity index (χ4v) is 5.90.